The zero-order valence-corrected chi connectivity index (χ0v) is 17.8. The molecule has 0 bridgehead atoms. The van der Waals surface area contributed by atoms with E-state index in [9.17, 15) is 4.79 Å². The number of hydrogen-bond donors (Lipinski definition) is 0. The fraction of sp³-hybridized carbons (Fsp3) is 0.308. The summed E-state index contributed by atoms with van der Waals surface area (Å²) >= 11 is 0. The Bertz CT molecular complexity index is 1220. The molecule has 0 spiro atoms. The van der Waals surface area contributed by atoms with E-state index in [0.29, 0.717) is 19.1 Å². The molecule has 1 aliphatic rings. The smallest absolute Gasteiger partial charge is 0.242 e. The summed E-state index contributed by atoms with van der Waals surface area (Å²) < 4.78 is 8.11. The van der Waals surface area contributed by atoms with Gasteiger partial charge in [0, 0.05) is 13.1 Å². The lowest BCUT2D eigenvalue weighted by Gasteiger charge is -2.30. The van der Waals surface area contributed by atoms with Crippen LogP contribution in [0.25, 0.3) is 21.8 Å². The van der Waals surface area contributed by atoms with Crippen molar-refractivity contribution < 1.29 is 9.53 Å². The minimum atomic E-state index is 0.155. The quantitative estimate of drug-likeness (QED) is 0.461. The number of likely N-dealkylation sites (tertiary alicyclic amines) is 1. The zero-order chi connectivity index (χ0) is 21.2. The lowest BCUT2D eigenvalue weighted by molar-refractivity contribution is -0.133. The zero-order valence-electron chi connectivity index (χ0n) is 17.8. The topological polar surface area (TPSA) is 47.4 Å². The highest BCUT2D eigenvalue weighted by Gasteiger charge is 2.22. The number of aromatic nitrogens is 2. The molecule has 0 unspecified atom stereocenters. The molecule has 1 fully saturated rings. The molecule has 3 aromatic carbocycles. The summed E-state index contributed by atoms with van der Waals surface area (Å²) in [6.45, 7) is 4.56. The molecular weight excluding hydrogens is 386 g/mol. The Hall–Kier alpha value is -3.34. The number of rotatable bonds is 5. The first-order valence-corrected chi connectivity index (χ1v) is 11.0. The van der Waals surface area contributed by atoms with Crippen LogP contribution in [0.15, 0.2) is 66.7 Å². The van der Waals surface area contributed by atoms with Gasteiger partial charge in [-0.25, -0.2) is 4.98 Å². The number of carbonyl (C=O) groups is 1. The Labute approximate surface area is 182 Å². The average Bonchev–Trinajstić information content (AvgIpc) is 3.15. The van der Waals surface area contributed by atoms with Crippen molar-refractivity contribution in [3.05, 3.63) is 72.6 Å². The SMILES string of the molecule is CC1CCN(C(=O)Cn2c(COc3ccc4ccccc4c3)nc3ccccc32)CC1. The molecule has 5 nitrogen and oxygen atoms in total. The van der Waals surface area contributed by atoms with Crippen molar-refractivity contribution in [2.75, 3.05) is 13.1 Å². The van der Waals surface area contributed by atoms with E-state index in [1.165, 1.54) is 5.39 Å². The number of para-hydroxylation sites is 2. The van der Waals surface area contributed by atoms with E-state index in [1.54, 1.807) is 0 Å². The minimum Gasteiger partial charge on any atom is -0.486 e. The number of benzene rings is 3. The first kappa shape index (κ1) is 19.6. The van der Waals surface area contributed by atoms with Crippen LogP contribution in [-0.2, 0) is 17.9 Å². The average molecular weight is 414 g/mol. The second-order valence-electron chi connectivity index (χ2n) is 8.46. The molecular formula is C26H27N3O2. The number of ether oxygens (including phenoxy) is 1. The maximum Gasteiger partial charge on any atom is 0.242 e. The van der Waals surface area contributed by atoms with Gasteiger partial charge in [0.15, 0.2) is 0 Å². The van der Waals surface area contributed by atoms with Crippen LogP contribution in [0.5, 0.6) is 5.75 Å². The van der Waals surface area contributed by atoms with Crippen LogP contribution < -0.4 is 4.74 Å². The molecule has 1 aromatic heterocycles. The summed E-state index contributed by atoms with van der Waals surface area (Å²) in [5.41, 5.74) is 1.86. The molecule has 4 aromatic rings. The van der Waals surface area contributed by atoms with Crippen molar-refractivity contribution in [1.29, 1.82) is 0 Å². The number of piperidine rings is 1. The Morgan fingerprint density at radius 3 is 2.58 bits per heavy atom. The van der Waals surface area contributed by atoms with Gasteiger partial charge < -0.3 is 14.2 Å². The number of carbonyl (C=O) groups excluding carboxylic acids is 1. The fourth-order valence-electron chi connectivity index (χ4n) is 4.31. The van der Waals surface area contributed by atoms with E-state index in [-0.39, 0.29) is 5.91 Å². The summed E-state index contributed by atoms with van der Waals surface area (Å²) in [6.07, 6.45) is 2.16. The van der Waals surface area contributed by atoms with Crippen molar-refractivity contribution in [1.82, 2.24) is 14.5 Å². The van der Waals surface area contributed by atoms with Gasteiger partial charge in [-0.2, -0.15) is 0 Å². The summed E-state index contributed by atoms with van der Waals surface area (Å²) in [4.78, 5) is 19.8. The molecule has 1 saturated heterocycles. The van der Waals surface area contributed by atoms with Gasteiger partial charge in [0.05, 0.1) is 11.0 Å². The molecule has 1 amide bonds. The molecule has 5 rings (SSSR count). The van der Waals surface area contributed by atoms with Crippen LogP contribution in [0, 0.1) is 5.92 Å². The van der Waals surface area contributed by atoms with Gasteiger partial charge in [0.1, 0.15) is 24.7 Å². The second kappa shape index (κ2) is 8.42. The predicted molar refractivity (Wildman–Crippen MR) is 123 cm³/mol. The monoisotopic (exact) mass is 413 g/mol. The predicted octanol–water partition coefficient (Wildman–Crippen LogP) is 5.03. The first-order valence-electron chi connectivity index (χ1n) is 11.0. The molecule has 1 aliphatic heterocycles. The normalized spacial score (nSPS) is 14.9. The number of fused-ring (bicyclic) bond motifs is 2. The minimum absolute atomic E-state index is 0.155. The molecule has 31 heavy (non-hydrogen) atoms. The Kier molecular flexibility index (Phi) is 5.33. The van der Waals surface area contributed by atoms with E-state index in [1.807, 2.05) is 58.0 Å². The number of amides is 1. The van der Waals surface area contributed by atoms with Crippen LogP contribution in [0.2, 0.25) is 0 Å². The van der Waals surface area contributed by atoms with E-state index in [2.05, 4.69) is 25.1 Å². The van der Waals surface area contributed by atoms with Gasteiger partial charge in [-0.3, -0.25) is 4.79 Å². The Morgan fingerprint density at radius 2 is 1.74 bits per heavy atom. The van der Waals surface area contributed by atoms with Gasteiger partial charge in [0.2, 0.25) is 5.91 Å². The standard InChI is InChI=1S/C26H27N3O2/c1-19-12-14-28(15-13-19)26(30)17-29-24-9-5-4-8-23(24)27-25(29)18-31-22-11-10-20-6-2-3-7-21(20)16-22/h2-11,16,19H,12-15,17-18H2,1H3. The van der Waals surface area contributed by atoms with Crippen LogP contribution in [0.1, 0.15) is 25.6 Å². The molecule has 0 N–H and O–H groups in total. The highest BCUT2D eigenvalue weighted by molar-refractivity contribution is 5.84. The summed E-state index contributed by atoms with van der Waals surface area (Å²) in [5.74, 6) is 2.42. The van der Waals surface area contributed by atoms with Gasteiger partial charge in [-0.05, 0) is 53.8 Å². The maximum absolute atomic E-state index is 13.0. The van der Waals surface area contributed by atoms with E-state index in [0.717, 1.165) is 53.9 Å². The molecule has 5 heteroatoms. The van der Waals surface area contributed by atoms with E-state index in [4.69, 9.17) is 9.72 Å². The van der Waals surface area contributed by atoms with Crippen LogP contribution in [0.4, 0.5) is 0 Å². The van der Waals surface area contributed by atoms with E-state index < -0.39 is 0 Å². The third-order valence-corrected chi connectivity index (χ3v) is 6.25. The number of nitrogens with zero attached hydrogens (tertiary/aromatic N) is 3. The second-order valence-corrected chi connectivity index (χ2v) is 8.46. The van der Waals surface area contributed by atoms with Crippen molar-refractivity contribution in [3.8, 4) is 5.75 Å². The van der Waals surface area contributed by atoms with Crippen molar-refractivity contribution in [2.45, 2.75) is 32.9 Å². The summed E-state index contributed by atoms with van der Waals surface area (Å²) in [6, 6.07) is 22.3. The lowest BCUT2D eigenvalue weighted by atomic mass is 9.99. The van der Waals surface area contributed by atoms with E-state index >= 15 is 0 Å². The Morgan fingerprint density at radius 1 is 1.00 bits per heavy atom. The summed E-state index contributed by atoms with van der Waals surface area (Å²) in [5, 5.41) is 2.33. The lowest BCUT2D eigenvalue weighted by Crippen LogP contribution is -2.40. The maximum atomic E-state index is 13.0. The third kappa shape index (κ3) is 4.13. The Balaban J connectivity index is 1.38. The number of hydrogen-bond acceptors (Lipinski definition) is 3. The van der Waals surface area contributed by atoms with Gasteiger partial charge in [-0.15, -0.1) is 0 Å². The molecule has 0 radical (unpaired) electrons. The fourth-order valence-corrected chi connectivity index (χ4v) is 4.31. The molecule has 2 heterocycles. The van der Waals surface area contributed by atoms with Crippen molar-refractivity contribution in [2.24, 2.45) is 5.92 Å². The molecule has 0 saturated carbocycles. The van der Waals surface area contributed by atoms with Gasteiger partial charge in [0.25, 0.3) is 0 Å². The largest absolute Gasteiger partial charge is 0.486 e. The third-order valence-electron chi connectivity index (χ3n) is 6.25. The number of imidazole rings is 1. The molecule has 158 valence electrons. The first-order chi connectivity index (χ1) is 15.2. The van der Waals surface area contributed by atoms with Crippen molar-refractivity contribution >= 4 is 27.7 Å². The van der Waals surface area contributed by atoms with Gasteiger partial charge >= 0.3 is 0 Å². The molecule has 0 aliphatic carbocycles. The highest BCUT2D eigenvalue weighted by atomic mass is 16.5. The molecule has 0 atom stereocenters. The highest BCUT2D eigenvalue weighted by Crippen LogP contribution is 2.23. The van der Waals surface area contributed by atoms with Crippen molar-refractivity contribution in [3.63, 3.8) is 0 Å². The van der Waals surface area contributed by atoms with Crippen LogP contribution in [0.3, 0.4) is 0 Å². The van der Waals surface area contributed by atoms with Crippen LogP contribution >= 0.6 is 0 Å². The van der Waals surface area contributed by atoms with Gasteiger partial charge in [-0.1, -0.05) is 49.4 Å². The van der Waals surface area contributed by atoms with Crippen LogP contribution in [-0.4, -0.2) is 33.4 Å². The summed E-state index contributed by atoms with van der Waals surface area (Å²) in [7, 11) is 0.